The van der Waals surface area contributed by atoms with E-state index in [1.165, 1.54) is 0 Å². The number of aromatic nitrogens is 1. The minimum absolute atomic E-state index is 0.151. The van der Waals surface area contributed by atoms with Crippen molar-refractivity contribution >= 4 is 5.91 Å². The number of aliphatic hydroxyl groups is 1. The Morgan fingerprint density at radius 1 is 1.62 bits per heavy atom. The van der Waals surface area contributed by atoms with Crippen LogP contribution < -0.4 is 0 Å². The lowest BCUT2D eigenvalue weighted by atomic mass is 9.88. The summed E-state index contributed by atoms with van der Waals surface area (Å²) < 4.78 is 4.86. The van der Waals surface area contributed by atoms with Crippen LogP contribution in [0.3, 0.4) is 0 Å². The monoisotopic (exact) mass is 222 g/mol. The molecule has 1 saturated heterocycles. The van der Waals surface area contributed by atoms with Gasteiger partial charge in [0.1, 0.15) is 11.4 Å². The summed E-state index contributed by atoms with van der Waals surface area (Å²) in [6.45, 7) is 2.62. The molecule has 2 fully saturated rings. The van der Waals surface area contributed by atoms with Crippen molar-refractivity contribution in [3.05, 3.63) is 17.5 Å². The average Bonchev–Trinajstić information content (AvgIpc) is 2.96. The van der Waals surface area contributed by atoms with Crippen molar-refractivity contribution in [3.63, 3.8) is 0 Å². The summed E-state index contributed by atoms with van der Waals surface area (Å²) in [5.74, 6) is 0.874. The minimum Gasteiger partial charge on any atom is -0.386 e. The highest BCUT2D eigenvalue weighted by Crippen LogP contribution is 2.44. The van der Waals surface area contributed by atoms with Crippen molar-refractivity contribution in [1.29, 1.82) is 0 Å². The van der Waals surface area contributed by atoms with Gasteiger partial charge in [-0.3, -0.25) is 4.79 Å². The van der Waals surface area contributed by atoms with E-state index in [0.717, 1.165) is 12.8 Å². The van der Waals surface area contributed by atoms with Crippen LogP contribution in [0.4, 0.5) is 0 Å². The molecule has 1 amide bonds. The summed E-state index contributed by atoms with van der Waals surface area (Å²) in [7, 11) is 0. The third-order valence-corrected chi connectivity index (χ3v) is 3.40. The standard InChI is InChI=1S/C11H14N2O3/c1-7-4-9(12-16-7)10(14)13-5-11(15,6-13)8-2-3-8/h4,8,15H,2-3,5-6H2,1H3. The van der Waals surface area contributed by atoms with Crippen LogP contribution in [0.1, 0.15) is 29.1 Å². The van der Waals surface area contributed by atoms with E-state index in [9.17, 15) is 9.90 Å². The molecule has 86 valence electrons. The highest BCUT2D eigenvalue weighted by molar-refractivity contribution is 5.93. The highest BCUT2D eigenvalue weighted by atomic mass is 16.5. The first-order valence-electron chi connectivity index (χ1n) is 5.53. The van der Waals surface area contributed by atoms with Crippen LogP contribution in [-0.2, 0) is 0 Å². The Morgan fingerprint density at radius 2 is 2.31 bits per heavy atom. The lowest BCUT2D eigenvalue weighted by Crippen LogP contribution is -2.64. The Kier molecular flexibility index (Phi) is 1.89. The van der Waals surface area contributed by atoms with Gasteiger partial charge < -0.3 is 14.5 Å². The molecule has 1 aromatic rings. The molecule has 1 aliphatic carbocycles. The third kappa shape index (κ3) is 1.43. The van der Waals surface area contributed by atoms with Crippen molar-refractivity contribution in [2.45, 2.75) is 25.4 Å². The van der Waals surface area contributed by atoms with E-state index < -0.39 is 5.60 Å². The number of likely N-dealkylation sites (tertiary alicyclic amines) is 1. The fraction of sp³-hybridized carbons (Fsp3) is 0.636. The van der Waals surface area contributed by atoms with E-state index in [-0.39, 0.29) is 5.91 Å². The first-order chi connectivity index (χ1) is 7.58. The van der Waals surface area contributed by atoms with Crippen LogP contribution in [0.25, 0.3) is 0 Å². The summed E-state index contributed by atoms with van der Waals surface area (Å²) in [5.41, 5.74) is -0.301. The molecule has 0 unspecified atom stereocenters. The van der Waals surface area contributed by atoms with Gasteiger partial charge >= 0.3 is 0 Å². The molecule has 2 aliphatic rings. The molecule has 5 heteroatoms. The molecule has 1 aromatic heterocycles. The molecule has 5 nitrogen and oxygen atoms in total. The number of hydrogen-bond donors (Lipinski definition) is 1. The first-order valence-corrected chi connectivity index (χ1v) is 5.53. The molecular formula is C11H14N2O3. The average molecular weight is 222 g/mol. The van der Waals surface area contributed by atoms with Crippen molar-refractivity contribution in [2.75, 3.05) is 13.1 Å². The number of carbonyl (C=O) groups is 1. The Balaban J connectivity index is 1.66. The Morgan fingerprint density at radius 3 is 2.81 bits per heavy atom. The number of β-amino-alcohol motifs (C(OH)–C–C–N with tert-alkyl or cyclic N) is 1. The molecule has 16 heavy (non-hydrogen) atoms. The van der Waals surface area contributed by atoms with Gasteiger partial charge in [0.15, 0.2) is 5.69 Å². The van der Waals surface area contributed by atoms with Crippen LogP contribution in [0.15, 0.2) is 10.6 Å². The van der Waals surface area contributed by atoms with Gasteiger partial charge in [0.25, 0.3) is 5.91 Å². The summed E-state index contributed by atoms with van der Waals surface area (Å²) >= 11 is 0. The zero-order valence-corrected chi connectivity index (χ0v) is 9.14. The largest absolute Gasteiger partial charge is 0.386 e. The summed E-state index contributed by atoms with van der Waals surface area (Å²) in [6.07, 6.45) is 2.17. The maximum absolute atomic E-state index is 11.9. The predicted molar refractivity (Wildman–Crippen MR) is 54.8 cm³/mol. The third-order valence-electron chi connectivity index (χ3n) is 3.40. The van der Waals surface area contributed by atoms with Crippen LogP contribution in [0.5, 0.6) is 0 Å². The predicted octanol–water partition coefficient (Wildman–Crippen LogP) is 0.580. The molecule has 0 atom stereocenters. The summed E-state index contributed by atoms with van der Waals surface area (Å²) in [6, 6.07) is 1.62. The second kappa shape index (κ2) is 3.07. The van der Waals surface area contributed by atoms with E-state index in [1.54, 1.807) is 17.9 Å². The summed E-state index contributed by atoms with van der Waals surface area (Å²) in [4.78, 5) is 13.5. The summed E-state index contributed by atoms with van der Waals surface area (Å²) in [5, 5.41) is 13.8. The van der Waals surface area contributed by atoms with Crippen LogP contribution in [-0.4, -0.2) is 39.8 Å². The molecule has 1 aliphatic heterocycles. The van der Waals surface area contributed by atoms with Gasteiger partial charge in [0, 0.05) is 6.07 Å². The zero-order chi connectivity index (χ0) is 11.3. The molecule has 0 bridgehead atoms. The van der Waals surface area contributed by atoms with Gasteiger partial charge in [-0.25, -0.2) is 0 Å². The van der Waals surface area contributed by atoms with Gasteiger partial charge in [0.2, 0.25) is 0 Å². The Hall–Kier alpha value is -1.36. The molecule has 0 aromatic carbocycles. The van der Waals surface area contributed by atoms with Gasteiger partial charge in [-0.15, -0.1) is 0 Å². The van der Waals surface area contributed by atoms with E-state index in [1.807, 2.05) is 0 Å². The zero-order valence-electron chi connectivity index (χ0n) is 9.14. The SMILES string of the molecule is Cc1cc(C(=O)N2CC(O)(C3CC3)C2)no1. The second-order valence-corrected chi connectivity index (χ2v) is 4.86. The number of carbonyl (C=O) groups excluding carboxylic acids is 1. The van der Waals surface area contributed by atoms with Crippen molar-refractivity contribution in [1.82, 2.24) is 10.1 Å². The lowest BCUT2D eigenvalue weighted by molar-refractivity contribution is -0.0960. The fourth-order valence-electron chi connectivity index (χ4n) is 2.27. The number of hydrogen-bond acceptors (Lipinski definition) is 4. The number of nitrogens with zero attached hydrogens (tertiary/aromatic N) is 2. The Bertz CT molecular complexity index is 430. The van der Waals surface area contributed by atoms with Gasteiger partial charge in [0.05, 0.1) is 13.1 Å². The molecule has 0 spiro atoms. The maximum Gasteiger partial charge on any atom is 0.276 e. The molecule has 3 rings (SSSR count). The fourth-order valence-corrected chi connectivity index (χ4v) is 2.27. The first kappa shape index (κ1) is 9.84. The van der Waals surface area contributed by atoms with Crippen LogP contribution >= 0.6 is 0 Å². The van der Waals surface area contributed by atoms with Crippen LogP contribution in [0, 0.1) is 12.8 Å². The Labute approximate surface area is 93.0 Å². The number of rotatable bonds is 2. The van der Waals surface area contributed by atoms with Crippen molar-refractivity contribution in [2.24, 2.45) is 5.92 Å². The highest BCUT2D eigenvalue weighted by Gasteiger charge is 2.53. The van der Waals surface area contributed by atoms with E-state index in [2.05, 4.69) is 5.16 Å². The minimum atomic E-state index is -0.631. The topological polar surface area (TPSA) is 66.6 Å². The van der Waals surface area contributed by atoms with Crippen molar-refractivity contribution < 1.29 is 14.4 Å². The molecule has 1 saturated carbocycles. The van der Waals surface area contributed by atoms with E-state index in [0.29, 0.717) is 30.5 Å². The number of amides is 1. The van der Waals surface area contributed by atoms with Crippen molar-refractivity contribution in [3.8, 4) is 0 Å². The smallest absolute Gasteiger partial charge is 0.276 e. The maximum atomic E-state index is 11.9. The van der Waals surface area contributed by atoms with Crippen LogP contribution in [0.2, 0.25) is 0 Å². The second-order valence-electron chi connectivity index (χ2n) is 4.86. The molecule has 2 heterocycles. The van der Waals surface area contributed by atoms with E-state index >= 15 is 0 Å². The normalized spacial score (nSPS) is 23.0. The van der Waals surface area contributed by atoms with Gasteiger partial charge in [-0.2, -0.15) is 0 Å². The quantitative estimate of drug-likeness (QED) is 0.794. The van der Waals surface area contributed by atoms with Gasteiger partial charge in [-0.05, 0) is 25.7 Å². The molecule has 1 N–H and O–H groups in total. The molecule has 0 radical (unpaired) electrons. The van der Waals surface area contributed by atoms with E-state index in [4.69, 9.17) is 4.52 Å². The number of aryl methyl sites for hydroxylation is 1. The lowest BCUT2D eigenvalue weighted by Gasteiger charge is -2.46. The molecular weight excluding hydrogens is 208 g/mol. The van der Waals surface area contributed by atoms with Gasteiger partial charge in [-0.1, -0.05) is 5.16 Å².